The summed E-state index contributed by atoms with van der Waals surface area (Å²) in [5, 5.41) is 5.74. The number of carbonyl (C=O) groups is 3. The Bertz CT molecular complexity index is 360. The second-order valence-electron chi connectivity index (χ2n) is 4.94. The van der Waals surface area contributed by atoms with Gasteiger partial charge in [-0.3, -0.25) is 14.4 Å². The van der Waals surface area contributed by atoms with Crippen LogP contribution in [0.25, 0.3) is 0 Å². The van der Waals surface area contributed by atoms with E-state index in [1.54, 1.807) is 4.90 Å². The molecule has 7 heteroatoms. The largest absolute Gasteiger partial charge is 0.333 e. The molecular formula is C13H24N4O3. The molecule has 0 spiro atoms. The monoisotopic (exact) mass is 284 g/mol. The minimum Gasteiger partial charge on any atom is -0.333 e. The highest BCUT2D eigenvalue weighted by Gasteiger charge is 2.31. The summed E-state index contributed by atoms with van der Waals surface area (Å²) < 4.78 is 0. The standard InChI is InChI=1S/C13H24N4O3/c1-10(18)17-6-2-3-12(17)13(20)9-16-8-11(19)7-15-5-4-14/h12,15-16H,2-9,14H2,1H3. The van der Waals surface area contributed by atoms with Crippen molar-refractivity contribution < 1.29 is 14.4 Å². The van der Waals surface area contributed by atoms with E-state index in [-0.39, 0.29) is 43.1 Å². The second kappa shape index (κ2) is 8.78. The van der Waals surface area contributed by atoms with Gasteiger partial charge in [-0.25, -0.2) is 0 Å². The van der Waals surface area contributed by atoms with Crippen molar-refractivity contribution in [2.24, 2.45) is 5.73 Å². The van der Waals surface area contributed by atoms with E-state index < -0.39 is 0 Å². The molecule has 0 bridgehead atoms. The van der Waals surface area contributed by atoms with Gasteiger partial charge in [0.2, 0.25) is 5.91 Å². The molecule has 1 fully saturated rings. The molecule has 1 atom stereocenters. The first-order valence-electron chi connectivity index (χ1n) is 6.99. The van der Waals surface area contributed by atoms with Crippen molar-refractivity contribution in [3.63, 3.8) is 0 Å². The van der Waals surface area contributed by atoms with Crippen molar-refractivity contribution in [3.8, 4) is 0 Å². The van der Waals surface area contributed by atoms with Gasteiger partial charge in [0.15, 0.2) is 11.6 Å². The number of hydrogen-bond acceptors (Lipinski definition) is 6. The van der Waals surface area contributed by atoms with E-state index in [4.69, 9.17) is 5.73 Å². The van der Waals surface area contributed by atoms with Crippen LogP contribution >= 0.6 is 0 Å². The van der Waals surface area contributed by atoms with Crippen molar-refractivity contribution in [2.75, 3.05) is 39.3 Å². The minimum atomic E-state index is -0.328. The average molecular weight is 284 g/mol. The maximum absolute atomic E-state index is 12.0. The minimum absolute atomic E-state index is 0.0129. The predicted molar refractivity (Wildman–Crippen MR) is 75.2 cm³/mol. The van der Waals surface area contributed by atoms with Gasteiger partial charge < -0.3 is 21.3 Å². The highest BCUT2D eigenvalue weighted by Crippen LogP contribution is 2.17. The van der Waals surface area contributed by atoms with Crippen molar-refractivity contribution in [3.05, 3.63) is 0 Å². The molecule has 4 N–H and O–H groups in total. The lowest BCUT2D eigenvalue weighted by Gasteiger charge is -2.22. The number of Topliss-reactive ketones (excluding diaryl/α,β-unsaturated/α-hetero) is 2. The lowest BCUT2D eigenvalue weighted by Crippen LogP contribution is -2.44. The summed E-state index contributed by atoms with van der Waals surface area (Å²) in [6.07, 6.45) is 1.57. The quantitative estimate of drug-likeness (QED) is 0.435. The topological polar surface area (TPSA) is 105 Å². The fraction of sp³-hybridized carbons (Fsp3) is 0.769. The van der Waals surface area contributed by atoms with Crippen molar-refractivity contribution in [1.29, 1.82) is 0 Å². The SMILES string of the molecule is CC(=O)N1CCCC1C(=O)CNCC(=O)CNCCN. The van der Waals surface area contributed by atoms with E-state index in [2.05, 4.69) is 10.6 Å². The van der Waals surface area contributed by atoms with Gasteiger partial charge in [0.05, 0.1) is 25.7 Å². The summed E-state index contributed by atoms with van der Waals surface area (Å²) in [5.41, 5.74) is 5.30. The van der Waals surface area contributed by atoms with Gasteiger partial charge in [0, 0.05) is 26.6 Å². The number of nitrogens with one attached hydrogen (secondary N) is 2. The van der Waals surface area contributed by atoms with E-state index in [0.29, 0.717) is 26.1 Å². The number of amides is 1. The molecule has 0 aromatic rings. The third-order valence-corrected chi connectivity index (χ3v) is 3.29. The smallest absolute Gasteiger partial charge is 0.220 e. The van der Waals surface area contributed by atoms with E-state index in [0.717, 1.165) is 6.42 Å². The van der Waals surface area contributed by atoms with Gasteiger partial charge in [-0.2, -0.15) is 0 Å². The van der Waals surface area contributed by atoms with Gasteiger partial charge in [-0.15, -0.1) is 0 Å². The molecule has 0 aromatic carbocycles. The number of likely N-dealkylation sites (tertiary alicyclic amines) is 1. The first-order valence-corrected chi connectivity index (χ1v) is 6.99. The molecule has 1 saturated heterocycles. The van der Waals surface area contributed by atoms with E-state index in [9.17, 15) is 14.4 Å². The Balaban J connectivity index is 2.23. The highest BCUT2D eigenvalue weighted by atomic mass is 16.2. The zero-order chi connectivity index (χ0) is 15.0. The van der Waals surface area contributed by atoms with E-state index in [1.165, 1.54) is 6.92 Å². The van der Waals surface area contributed by atoms with Gasteiger partial charge in [-0.05, 0) is 12.8 Å². The summed E-state index contributed by atoms with van der Waals surface area (Å²) in [6, 6.07) is -0.328. The van der Waals surface area contributed by atoms with Crippen LogP contribution in [0.3, 0.4) is 0 Å². The number of nitrogens with zero attached hydrogens (tertiary/aromatic N) is 1. The van der Waals surface area contributed by atoms with Crippen molar-refractivity contribution in [2.45, 2.75) is 25.8 Å². The lowest BCUT2D eigenvalue weighted by molar-refractivity contribution is -0.135. The van der Waals surface area contributed by atoms with Crippen LogP contribution in [0, 0.1) is 0 Å². The molecule has 1 aliphatic heterocycles. The number of hydrogen-bond donors (Lipinski definition) is 3. The number of nitrogens with two attached hydrogens (primary N) is 1. The molecular weight excluding hydrogens is 260 g/mol. The molecule has 0 aliphatic carbocycles. The third-order valence-electron chi connectivity index (χ3n) is 3.29. The zero-order valence-electron chi connectivity index (χ0n) is 12.0. The van der Waals surface area contributed by atoms with Crippen LogP contribution < -0.4 is 16.4 Å². The normalized spacial score (nSPS) is 18.3. The summed E-state index contributed by atoms with van der Waals surface area (Å²) in [4.78, 5) is 36.4. The molecule has 1 amide bonds. The molecule has 20 heavy (non-hydrogen) atoms. The Morgan fingerprint density at radius 2 is 1.90 bits per heavy atom. The van der Waals surface area contributed by atoms with Crippen LogP contribution in [-0.2, 0) is 14.4 Å². The van der Waals surface area contributed by atoms with Gasteiger partial charge >= 0.3 is 0 Å². The molecule has 1 unspecified atom stereocenters. The van der Waals surface area contributed by atoms with Crippen molar-refractivity contribution in [1.82, 2.24) is 15.5 Å². The molecule has 1 heterocycles. The molecule has 1 aliphatic rings. The molecule has 114 valence electrons. The van der Waals surface area contributed by atoms with Crippen molar-refractivity contribution >= 4 is 17.5 Å². The molecule has 0 radical (unpaired) electrons. The van der Waals surface area contributed by atoms with Crippen LogP contribution in [0.1, 0.15) is 19.8 Å². The first kappa shape index (κ1) is 16.7. The Kier molecular flexibility index (Phi) is 7.35. The fourth-order valence-electron chi connectivity index (χ4n) is 2.31. The lowest BCUT2D eigenvalue weighted by atomic mass is 10.1. The maximum Gasteiger partial charge on any atom is 0.220 e. The summed E-state index contributed by atoms with van der Waals surface area (Å²) >= 11 is 0. The van der Waals surface area contributed by atoms with Crippen LogP contribution in [0.5, 0.6) is 0 Å². The average Bonchev–Trinajstić information content (AvgIpc) is 2.88. The summed E-state index contributed by atoms with van der Waals surface area (Å²) in [6.45, 7) is 3.73. The maximum atomic E-state index is 12.0. The summed E-state index contributed by atoms with van der Waals surface area (Å²) in [7, 11) is 0. The van der Waals surface area contributed by atoms with Gasteiger partial charge in [0.25, 0.3) is 0 Å². The number of rotatable bonds is 9. The fourth-order valence-corrected chi connectivity index (χ4v) is 2.31. The second-order valence-corrected chi connectivity index (χ2v) is 4.94. The highest BCUT2D eigenvalue weighted by molar-refractivity contribution is 5.91. The van der Waals surface area contributed by atoms with Crippen LogP contribution in [0.15, 0.2) is 0 Å². The van der Waals surface area contributed by atoms with Gasteiger partial charge in [0.1, 0.15) is 0 Å². The Hall–Kier alpha value is -1.31. The van der Waals surface area contributed by atoms with Gasteiger partial charge in [-0.1, -0.05) is 0 Å². The number of ketones is 2. The molecule has 0 saturated carbocycles. The van der Waals surface area contributed by atoms with Crippen LogP contribution in [0.2, 0.25) is 0 Å². The third kappa shape index (κ3) is 5.36. The van der Waals surface area contributed by atoms with E-state index in [1.807, 2.05) is 0 Å². The Morgan fingerprint density at radius 3 is 2.55 bits per heavy atom. The van der Waals surface area contributed by atoms with E-state index >= 15 is 0 Å². The molecule has 7 nitrogen and oxygen atoms in total. The van der Waals surface area contributed by atoms with Crippen LogP contribution in [0.4, 0.5) is 0 Å². The summed E-state index contributed by atoms with van der Waals surface area (Å²) in [5.74, 6) is -0.107. The van der Waals surface area contributed by atoms with Crippen LogP contribution in [-0.4, -0.2) is 67.7 Å². The number of carbonyl (C=O) groups excluding carboxylic acids is 3. The zero-order valence-corrected chi connectivity index (χ0v) is 12.0. The predicted octanol–water partition coefficient (Wildman–Crippen LogP) is -1.73. The first-order chi connectivity index (χ1) is 9.56. The molecule has 1 rings (SSSR count). The Morgan fingerprint density at radius 1 is 1.20 bits per heavy atom. The molecule has 0 aromatic heterocycles. The Labute approximate surface area is 119 Å².